The maximum Gasteiger partial charge on any atom is 0.410 e. The van der Waals surface area contributed by atoms with Crippen molar-refractivity contribution >= 4 is 12.1 Å². The van der Waals surface area contributed by atoms with E-state index >= 15 is 0 Å². The fourth-order valence-electron chi connectivity index (χ4n) is 3.14. The summed E-state index contributed by atoms with van der Waals surface area (Å²) in [6.07, 6.45) is 0.289. The number of hydrogen-bond donors (Lipinski definition) is 1. The highest BCUT2D eigenvalue weighted by Crippen LogP contribution is 2.16. The fraction of sp³-hybridized carbons (Fsp3) is 0.333. The van der Waals surface area contributed by atoms with E-state index in [1.54, 1.807) is 23.1 Å². The molecule has 0 saturated carbocycles. The van der Waals surface area contributed by atoms with Gasteiger partial charge in [-0.1, -0.05) is 42.5 Å². The van der Waals surface area contributed by atoms with Gasteiger partial charge < -0.3 is 19.5 Å². The summed E-state index contributed by atoms with van der Waals surface area (Å²) in [5, 5.41) is 9.13. The molecule has 6 heteroatoms. The number of carbonyl (C=O) groups excluding carboxylic acids is 1. The third kappa shape index (κ3) is 5.56. The number of benzene rings is 2. The molecule has 0 spiro atoms. The monoisotopic (exact) mass is 369 g/mol. The lowest BCUT2D eigenvalue weighted by Gasteiger charge is -2.23. The van der Waals surface area contributed by atoms with E-state index in [1.165, 1.54) is 0 Å². The van der Waals surface area contributed by atoms with Crippen molar-refractivity contribution in [2.75, 3.05) is 26.3 Å². The summed E-state index contributed by atoms with van der Waals surface area (Å²) in [4.78, 5) is 25.2. The molecule has 1 N–H and O–H groups in total. The van der Waals surface area contributed by atoms with Gasteiger partial charge in [-0.25, -0.2) is 9.59 Å². The zero-order chi connectivity index (χ0) is 19.1. The van der Waals surface area contributed by atoms with Crippen LogP contribution in [0.3, 0.4) is 0 Å². The summed E-state index contributed by atoms with van der Waals surface area (Å²) >= 11 is 0. The van der Waals surface area contributed by atoms with Crippen LogP contribution in [0.25, 0.3) is 0 Å². The summed E-state index contributed by atoms with van der Waals surface area (Å²) in [7, 11) is 0. The maximum absolute atomic E-state index is 12.4. The Kier molecular flexibility index (Phi) is 6.44. The molecule has 2 aromatic carbocycles. The standard InChI is InChI=1S/C21H23NO5/c23-20(24)19-8-4-7-17(12-19)11-18-13-22(9-10-26-14-18)21(25)27-15-16-5-2-1-3-6-16/h1-8,12,18H,9-11,13-15H2,(H,23,24). The SMILES string of the molecule is O=C(O)c1cccc(CC2COCCN(C(=O)OCc3ccccc3)C2)c1. The van der Waals surface area contributed by atoms with Crippen LogP contribution in [0.2, 0.25) is 0 Å². The first kappa shape index (κ1) is 18.9. The van der Waals surface area contributed by atoms with Crippen LogP contribution in [0, 0.1) is 5.92 Å². The molecule has 1 fully saturated rings. The molecule has 1 aliphatic rings. The third-order valence-corrected chi connectivity index (χ3v) is 4.50. The smallest absolute Gasteiger partial charge is 0.410 e. The molecule has 142 valence electrons. The molecule has 0 aromatic heterocycles. The van der Waals surface area contributed by atoms with Gasteiger partial charge in [0.15, 0.2) is 0 Å². The lowest BCUT2D eigenvalue weighted by Crippen LogP contribution is -2.36. The van der Waals surface area contributed by atoms with Crippen molar-refractivity contribution in [3.63, 3.8) is 0 Å². The Labute approximate surface area is 158 Å². The third-order valence-electron chi connectivity index (χ3n) is 4.50. The van der Waals surface area contributed by atoms with Crippen molar-refractivity contribution in [2.45, 2.75) is 13.0 Å². The summed E-state index contributed by atoms with van der Waals surface area (Å²) in [5.74, 6) is -0.860. The largest absolute Gasteiger partial charge is 0.478 e. The number of aromatic carboxylic acids is 1. The summed E-state index contributed by atoms with van der Waals surface area (Å²) < 4.78 is 11.1. The zero-order valence-electron chi connectivity index (χ0n) is 15.0. The lowest BCUT2D eigenvalue weighted by molar-refractivity contribution is 0.0696. The Hall–Kier alpha value is -2.86. The molecule has 1 saturated heterocycles. The number of carboxylic acid groups (broad SMARTS) is 1. The van der Waals surface area contributed by atoms with Crippen molar-refractivity contribution in [2.24, 2.45) is 5.92 Å². The van der Waals surface area contributed by atoms with E-state index < -0.39 is 5.97 Å². The van der Waals surface area contributed by atoms with Crippen molar-refractivity contribution in [3.8, 4) is 0 Å². The van der Waals surface area contributed by atoms with Crippen LogP contribution in [0.15, 0.2) is 54.6 Å². The maximum atomic E-state index is 12.4. The van der Waals surface area contributed by atoms with E-state index in [9.17, 15) is 9.59 Å². The molecule has 2 aromatic rings. The molecule has 1 amide bonds. The van der Waals surface area contributed by atoms with E-state index in [0.29, 0.717) is 32.7 Å². The Morgan fingerprint density at radius 3 is 2.67 bits per heavy atom. The van der Waals surface area contributed by atoms with Gasteiger partial charge in [0.2, 0.25) is 0 Å². The van der Waals surface area contributed by atoms with Crippen molar-refractivity contribution in [1.82, 2.24) is 4.90 Å². The van der Waals surface area contributed by atoms with E-state index in [2.05, 4.69) is 0 Å². The normalized spacial score (nSPS) is 17.2. The van der Waals surface area contributed by atoms with Gasteiger partial charge in [-0.3, -0.25) is 0 Å². The molecule has 3 rings (SSSR count). The van der Waals surface area contributed by atoms with Gasteiger partial charge >= 0.3 is 12.1 Å². The molecular formula is C21H23NO5. The number of carboxylic acids is 1. The number of hydrogen-bond acceptors (Lipinski definition) is 4. The average Bonchev–Trinajstić information content (AvgIpc) is 2.93. The highest BCUT2D eigenvalue weighted by Gasteiger charge is 2.24. The molecule has 27 heavy (non-hydrogen) atoms. The minimum absolute atomic E-state index is 0.0841. The predicted molar refractivity (Wildman–Crippen MR) is 99.6 cm³/mol. The zero-order valence-corrected chi connectivity index (χ0v) is 15.0. The number of amides is 1. The molecule has 1 aliphatic heterocycles. The van der Waals surface area contributed by atoms with Crippen molar-refractivity contribution in [3.05, 3.63) is 71.3 Å². The molecule has 0 aliphatic carbocycles. The molecule has 1 unspecified atom stereocenters. The molecule has 1 atom stereocenters. The Balaban J connectivity index is 1.58. The van der Waals surface area contributed by atoms with Gasteiger partial charge in [0.05, 0.1) is 18.8 Å². The van der Waals surface area contributed by atoms with E-state index in [4.69, 9.17) is 14.6 Å². The second-order valence-corrected chi connectivity index (χ2v) is 6.64. The van der Waals surface area contributed by atoms with Crippen LogP contribution in [0.4, 0.5) is 4.79 Å². The highest BCUT2D eigenvalue weighted by molar-refractivity contribution is 5.87. The van der Waals surface area contributed by atoms with Gasteiger partial charge in [-0.2, -0.15) is 0 Å². The molecule has 6 nitrogen and oxygen atoms in total. The predicted octanol–water partition coefficient (Wildman–Crippen LogP) is 3.21. The highest BCUT2D eigenvalue weighted by atomic mass is 16.6. The van der Waals surface area contributed by atoms with Crippen molar-refractivity contribution in [1.29, 1.82) is 0 Å². The van der Waals surface area contributed by atoms with Gasteiger partial charge in [0, 0.05) is 19.0 Å². The van der Waals surface area contributed by atoms with E-state index in [1.807, 2.05) is 36.4 Å². The van der Waals surface area contributed by atoms with Gasteiger partial charge in [-0.15, -0.1) is 0 Å². The number of rotatable bonds is 5. The minimum Gasteiger partial charge on any atom is -0.478 e. The van der Waals surface area contributed by atoms with Crippen LogP contribution in [-0.4, -0.2) is 48.4 Å². The summed E-state index contributed by atoms with van der Waals surface area (Å²) in [5.41, 5.74) is 2.13. The van der Waals surface area contributed by atoms with Crippen LogP contribution >= 0.6 is 0 Å². The first-order valence-corrected chi connectivity index (χ1v) is 8.97. The van der Waals surface area contributed by atoms with Gasteiger partial charge in [-0.05, 0) is 29.7 Å². The number of carbonyl (C=O) groups is 2. The Morgan fingerprint density at radius 2 is 1.89 bits per heavy atom. The first-order chi connectivity index (χ1) is 13.1. The summed E-state index contributed by atoms with van der Waals surface area (Å²) in [6, 6.07) is 16.4. The van der Waals surface area contributed by atoms with Crippen LogP contribution < -0.4 is 0 Å². The van der Waals surface area contributed by atoms with Crippen LogP contribution in [0.5, 0.6) is 0 Å². The van der Waals surface area contributed by atoms with Gasteiger partial charge in [0.25, 0.3) is 0 Å². The van der Waals surface area contributed by atoms with E-state index in [-0.39, 0.29) is 24.2 Å². The van der Waals surface area contributed by atoms with Crippen molar-refractivity contribution < 1.29 is 24.2 Å². The van der Waals surface area contributed by atoms with Crippen LogP contribution in [-0.2, 0) is 22.5 Å². The fourth-order valence-corrected chi connectivity index (χ4v) is 3.14. The van der Waals surface area contributed by atoms with E-state index in [0.717, 1.165) is 11.1 Å². The number of nitrogens with zero attached hydrogens (tertiary/aromatic N) is 1. The molecular weight excluding hydrogens is 346 g/mol. The summed E-state index contributed by atoms with van der Waals surface area (Å²) in [6.45, 7) is 2.23. The lowest BCUT2D eigenvalue weighted by atomic mass is 9.98. The minimum atomic E-state index is -0.944. The quantitative estimate of drug-likeness (QED) is 0.876. The second-order valence-electron chi connectivity index (χ2n) is 6.64. The Bertz CT molecular complexity index is 777. The Morgan fingerprint density at radius 1 is 1.11 bits per heavy atom. The number of ether oxygens (including phenoxy) is 2. The van der Waals surface area contributed by atoms with Crippen LogP contribution in [0.1, 0.15) is 21.5 Å². The first-order valence-electron chi connectivity index (χ1n) is 8.97. The molecule has 0 bridgehead atoms. The second kappa shape index (κ2) is 9.19. The topological polar surface area (TPSA) is 76.1 Å². The molecule has 0 radical (unpaired) electrons. The molecule has 1 heterocycles. The average molecular weight is 369 g/mol. The van der Waals surface area contributed by atoms with Gasteiger partial charge in [0.1, 0.15) is 6.61 Å².